The van der Waals surface area contributed by atoms with Crippen LogP contribution in [0.2, 0.25) is 0 Å². The summed E-state index contributed by atoms with van der Waals surface area (Å²) in [6, 6.07) is 2.11. The molecule has 1 aromatic rings. The van der Waals surface area contributed by atoms with Gasteiger partial charge in [-0.25, -0.2) is 0 Å². The zero-order valence-electron chi connectivity index (χ0n) is 7.88. The number of halogens is 3. The van der Waals surface area contributed by atoms with E-state index in [1.807, 2.05) is 5.32 Å². The van der Waals surface area contributed by atoms with E-state index in [0.29, 0.717) is 0 Å². The number of alkyl halides is 3. The third kappa shape index (κ3) is 3.23. The normalized spacial score (nSPS) is 13.3. The number of hydrogen-bond donors (Lipinski definition) is 1. The van der Waals surface area contributed by atoms with E-state index in [0.717, 1.165) is 6.92 Å². The van der Waals surface area contributed by atoms with Crippen molar-refractivity contribution in [2.24, 2.45) is 0 Å². The van der Waals surface area contributed by atoms with Crippen molar-refractivity contribution in [3.8, 4) is 0 Å². The summed E-state index contributed by atoms with van der Waals surface area (Å²) in [6.45, 7) is 1.03. The van der Waals surface area contributed by atoms with E-state index in [9.17, 15) is 18.0 Å². The highest BCUT2D eigenvalue weighted by Crippen LogP contribution is 2.31. The van der Waals surface area contributed by atoms with Gasteiger partial charge in [-0.1, -0.05) is 6.07 Å². The van der Waals surface area contributed by atoms with Crippen LogP contribution in [0.1, 0.15) is 18.7 Å². The fourth-order valence-electron chi connectivity index (χ4n) is 1.07. The molecule has 0 saturated heterocycles. The average Bonchev–Trinajstić information content (AvgIpc) is 2.14. The summed E-state index contributed by atoms with van der Waals surface area (Å²) in [5.41, 5.74) is -0.222. The molecule has 0 radical (unpaired) electrons. The maximum atomic E-state index is 12.5. The third-order valence-electron chi connectivity index (χ3n) is 1.66. The number of rotatable bonds is 2. The molecule has 1 amide bonds. The van der Waals surface area contributed by atoms with E-state index in [-0.39, 0.29) is 5.69 Å². The van der Waals surface area contributed by atoms with Crippen LogP contribution in [0.25, 0.3) is 0 Å². The first kappa shape index (κ1) is 11.5. The molecule has 15 heavy (non-hydrogen) atoms. The summed E-state index contributed by atoms with van der Waals surface area (Å²) in [5, 5.41) is 1.81. The summed E-state index contributed by atoms with van der Waals surface area (Å²) in [7, 11) is 0. The van der Waals surface area contributed by atoms with Crippen LogP contribution in [-0.4, -0.2) is 17.1 Å². The summed E-state index contributed by atoms with van der Waals surface area (Å²) in [4.78, 5) is 14.2. The van der Waals surface area contributed by atoms with Gasteiger partial charge in [0, 0.05) is 13.1 Å². The lowest BCUT2D eigenvalue weighted by Crippen LogP contribution is -2.37. The number of nitrogens with one attached hydrogen (secondary N) is 1. The number of amides is 1. The lowest BCUT2D eigenvalue weighted by Gasteiger charge is -2.20. The van der Waals surface area contributed by atoms with Crippen molar-refractivity contribution < 1.29 is 18.0 Å². The van der Waals surface area contributed by atoms with Crippen LogP contribution < -0.4 is 5.32 Å². The fourth-order valence-corrected chi connectivity index (χ4v) is 1.07. The average molecular weight is 218 g/mol. The maximum Gasteiger partial charge on any atom is 0.414 e. The first-order valence-corrected chi connectivity index (χ1v) is 4.16. The van der Waals surface area contributed by atoms with Crippen LogP contribution in [-0.2, 0) is 4.79 Å². The van der Waals surface area contributed by atoms with Crippen molar-refractivity contribution in [3.05, 3.63) is 30.1 Å². The largest absolute Gasteiger partial charge is 0.414 e. The zero-order chi connectivity index (χ0) is 11.5. The molecule has 0 spiro atoms. The lowest BCUT2D eigenvalue weighted by molar-refractivity contribution is -0.163. The number of pyridine rings is 1. The Kier molecular flexibility index (Phi) is 3.28. The third-order valence-corrected chi connectivity index (χ3v) is 1.66. The summed E-state index contributed by atoms with van der Waals surface area (Å²) in [6.07, 6.45) is -3.30. The van der Waals surface area contributed by atoms with Crippen LogP contribution in [0.5, 0.6) is 0 Å². The molecule has 0 aliphatic heterocycles. The summed E-state index contributed by atoms with van der Waals surface area (Å²) < 4.78 is 37.5. The molecule has 1 rings (SSSR count). The highest BCUT2D eigenvalue weighted by atomic mass is 19.4. The monoisotopic (exact) mass is 218 g/mol. The summed E-state index contributed by atoms with van der Waals surface area (Å²) in [5.74, 6) is -0.747. The Morgan fingerprint density at radius 3 is 2.53 bits per heavy atom. The molecular weight excluding hydrogens is 209 g/mol. The van der Waals surface area contributed by atoms with Crippen molar-refractivity contribution >= 4 is 5.91 Å². The SMILES string of the molecule is CC(=O)NC(c1ccccn1)C(F)(F)F. The molecule has 1 heterocycles. The molecule has 3 nitrogen and oxygen atoms in total. The quantitative estimate of drug-likeness (QED) is 0.822. The zero-order valence-corrected chi connectivity index (χ0v) is 7.88. The van der Waals surface area contributed by atoms with Gasteiger partial charge in [0.2, 0.25) is 5.91 Å². The number of carbonyl (C=O) groups is 1. The number of nitrogens with zero attached hydrogens (tertiary/aromatic N) is 1. The number of aromatic nitrogens is 1. The topological polar surface area (TPSA) is 42.0 Å². The van der Waals surface area contributed by atoms with Gasteiger partial charge < -0.3 is 5.32 Å². The van der Waals surface area contributed by atoms with Crippen LogP contribution in [0, 0.1) is 0 Å². The van der Waals surface area contributed by atoms with E-state index >= 15 is 0 Å². The molecule has 82 valence electrons. The van der Waals surface area contributed by atoms with Gasteiger partial charge in [-0.2, -0.15) is 13.2 Å². The van der Waals surface area contributed by atoms with E-state index in [1.54, 1.807) is 0 Å². The minimum Gasteiger partial charge on any atom is -0.340 e. The number of carbonyl (C=O) groups excluding carboxylic acids is 1. The van der Waals surface area contributed by atoms with Gasteiger partial charge in [-0.3, -0.25) is 9.78 Å². The van der Waals surface area contributed by atoms with Crippen molar-refractivity contribution in [3.63, 3.8) is 0 Å². The second-order valence-corrected chi connectivity index (χ2v) is 2.93. The Morgan fingerprint density at radius 2 is 2.13 bits per heavy atom. The van der Waals surface area contributed by atoms with Gasteiger partial charge in [-0.05, 0) is 12.1 Å². The standard InChI is InChI=1S/C9H9F3N2O/c1-6(15)14-8(9(10,11)12)7-4-2-3-5-13-7/h2-5,8H,1H3,(H,14,15). The van der Waals surface area contributed by atoms with Crippen LogP contribution in [0.4, 0.5) is 13.2 Å². The van der Waals surface area contributed by atoms with E-state index < -0.39 is 18.1 Å². The molecule has 0 aliphatic rings. The van der Waals surface area contributed by atoms with E-state index in [2.05, 4.69) is 4.98 Å². The van der Waals surface area contributed by atoms with Crippen molar-refractivity contribution in [2.45, 2.75) is 19.1 Å². The van der Waals surface area contributed by atoms with Crippen LogP contribution >= 0.6 is 0 Å². The molecule has 1 atom stereocenters. The van der Waals surface area contributed by atoms with Crippen molar-refractivity contribution in [2.75, 3.05) is 0 Å². The second-order valence-electron chi connectivity index (χ2n) is 2.93. The number of hydrogen-bond acceptors (Lipinski definition) is 2. The van der Waals surface area contributed by atoms with Gasteiger partial charge in [0.1, 0.15) is 0 Å². The van der Waals surface area contributed by atoms with E-state index in [1.165, 1.54) is 24.4 Å². The molecule has 1 unspecified atom stereocenters. The first-order chi connectivity index (χ1) is 6.91. The van der Waals surface area contributed by atoms with Gasteiger partial charge >= 0.3 is 6.18 Å². The molecule has 1 N–H and O–H groups in total. The van der Waals surface area contributed by atoms with Gasteiger partial charge in [-0.15, -0.1) is 0 Å². The molecular formula is C9H9F3N2O. The molecule has 1 aromatic heterocycles. The molecule has 0 fully saturated rings. The Bertz CT molecular complexity index is 337. The molecule has 0 bridgehead atoms. The molecule has 0 aliphatic carbocycles. The predicted octanol–water partition coefficient (Wildman–Crippen LogP) is 1.82. The highest BCUT2D eigenvalue weighted by molar-refractivity contribution is 5.73. The Balaban J connectivity index is 2.97. The molecule has 6 heteroatoms. The smallest absolute Gasteiger partial charge is 0.340 e. The van der Waals surface area contributed by atoms with Gasteiger partial charge in [0.05, 0.1) is 5.69 Å². The second kappa shape index (κ2) is 4.29. The van der Waals surface area contributed by atoms with Crippen LogP contribution in [0.3, 0.4) is 0 Å². The van der Waals surface area contributed by atoms with Crippen molar-refractivity contribution in [1.29, 1.82) is 0 Å². The fraction of sp³-hybridized carbons (Fsp3) is 0.333. The van der Waals surface area contributed by atoms with E-state index in [4.69, 9.17) is 0 Å². The molecule has 0 saturated carbocycles. The Labute approximate surface area is 84.3 Å². The maximum absolute atomic E-state index is 12.5. The lowest BCUT2D eigenvalue weighted by atomic mass is 10.2. The predicted molar refractivity (Wildman–Crippen MR) is 46.8 cm³/mol. The first-order valence-electron chi connectivity index (χ1n) is 4.16. The highest BCUT2D eigenvalue weighted by Gasteiger charge is 2.42. The minimum absolute atomic E-state index is 0.222. The molecule has 0 aromatic carbocycles. The minimum atomic E-state index is -4.54. The Hall–Kier alpha value is -1.59. The van der Waals surface area contributed by atoms with Crippen molar-refractivity contribution in [1.82, 2.24) is 10.3 Å². The Morgan fingerprint density at radius 1 is 1.47 bits per heavy atom. The summed E-state index contributed by atoms with van der Waals surface area (Å²) >= 11 is 0. The van der Waals surface area contributed by atoms with Gasteiger partial charge in [0.25, 0.3) is 0 Å². The van der Waals surface area contributed by atoms with Gasteiger partial charge in [0.15, 0.2) is 6.04 Å². The van der Waals surface area contributed by atoms with Crippen LogP contribution in [0.15, 0.2) is 24.4 Å².